The average Bonchev–Trinajstić information content (AvgIpc) is 3.47. The van der Waals surface area contributed by atoms with E-state index in [-0.39, 0.29) is 29.2 Å². The summed E-state index contributed by atoms with van der Waals surface area (Å²) < 4.78 is 2.08. The lowest BCUT2D eigenvalue weighted by atomic mass is 9.89. The van der Waals surface area contributed by atoms with E-state index in [4.69, 9.17) is 11.6 Å². The molecule has 34 heavy (non-hydrogen) atoms. The molecule has 2 N–H and O–H groups in total. The highest BCUT2D eigenvalue weighted by Crippen LogP contribution is 2.47. The average molecular weight is 480 g/mol. The lowest BCUT2D eigenvalue weighted by Crippen LogP contribution is -2.31. The lowest BCUT2D eigenvalue weighted by molar-refractivity contribution is -0.121. The number of amides is 2. The Morgan fingerprint density at radius 1 is 1.18 bits per heavy atom. The minimum atomic E-state index is -0.0427. The Labute approximate surface area is 204 Å². The van der Waals surface area contributed by atoms with Gasteiger partial charge in [-0.3, -0.25) is 9.59 Å². The summed E-state index contributed by atoms with van der Waals surface area (Å²) in [7, 11) is 0. The second-order valence-electron chi connectivity index (χ2n) is 11.0. The van der Waals surface area contributed by atoms with E-state index < -0.39 is 0 Å². The van der Waals surface area contributed by atoms with Crippen LogP contribution in [0.1, 0.15) is 57.8 Å². The molecule has 0 bridgehead atoms. The molecule has 7 nitrogen and oxygen atoms in total. The van der Waals surface area contributed by atoms with Crippen molar-refractivity contribution in [2.24, 2.45) is 23.2 Å². The predicted octanol–water partition coefficient (Wildman–Crippen LogP) is 4.54. The number of fused-ring (bicyclic) bond motifs is 2. The second-order valence-corrected chi connectivity index (χ2v) is 11.4. The number of hydrogen-bond donors (Lipinski definition) is 2. The molecule has 2 aliphatic carbocycles. The second kappa shape index (κ2) is 8.42. The van der Waals surface area contributed by atoms with Crippen molar-refractivity contribution in [3.8, 4) is 17.2 Å². The molecule has 0 aromatic carbocycles. The van der Waals surface area contributed by atoms with Crippen LogP contribution in [0.3, 0.4) is 0 Å². The van der Waals surface area contributed by atoms with E-state index in [0.29, 0.717) is 28.4 Å². The van der Waals surface area contributed by atoms with E-state index in [9.17, 15) is 14.9 Å². The number of nitriles is 1. The first-order valence-electron chi connectivity index (χ1n) is 12.0. The molecule has 5 rings (SSSR count). The molecule has 3 heterocycles. The molecular formula is C26H30ClN5O2. The van der Waals surface area contributed by atoms with Gasteiger partial charge < -0.3 is 15.2 Å². The van der Waals surface area contributed by atoms with Crippen molar-refractivity contribution in [3.05, 3.63) is 34.7 Å². The summed E-state index contributed by atoms with van der Waals surface area (Å²) in [6, 6.07) is 6.26. The normalized spacial score (nSPS) is 26.6. The van der Waals surface area contributed by atoms with Gasteiger partial charge in [-0.05, 0) is 61.5 Å². The standard InChI is InChI=1S/C26H30ClN5O2/c1-14(33)30-18-6-15-4-17(5-16(15)7-18)25(34)31-24-9-20(22(27)12-29-24)21-8-19(11-28)32-13-26(2,3)10-23(21)32/h8-9,12,15-18H,4-7,10,13H2,1-3H3,(H,30,33)(H,29,31,34)/t15-,16+,17+,18-. The van der Waals surface area contributed by atoms with Crippen LogP contribution < -0.4 is 10.6 Å². The van der Waals surface area contributed by atoms with E-state index in [0.717, 1.165) is 55.5 Å². The summed E-state index contributed by atoms with van der Waals surface area (Å²) in [5, 5.41) is 16.2. The SMILES string of the molecule is CC(=O)N[C@H]1C[C@@H]2C[C@@H](C(=O)Nc3cc(-c4cc(C#N)n5c4CC(C)(C)C5)c(Cl)cn3)C[C@@H]2C1. The molecule has 178 valence electrons. The zero-order valence-corrected chi connectivity index (χ0v) is 20.6. The van der Waals surface area contributed by atoms with Crippen molar-refractivity contribution >= 4 is 29.2 Å². The smallest absolute Gasteiger partial charge is 0.228 e. The number of hydrogen-bond acceptors (Lipinski definition) is 4. The van der Waals surface area contributed by atoms with E-state index >= 15 is 0 Å². The Bertz CT molecular complexity index is 1200. The third kappa shape index (κ3) is 4.20. The Morgan fingerprint density at radius 3 is 2.53 bits per heavy atom. The molecular weight excluding hydrogens is 450 g/mol. The number of rotatable bonds is 4. The monoisotopic (exact) mass is 479 g/mol. The van der Waals surface area contributed by atoms with E-state index in [1.807, 2.05) is 12.1 Å². The molecule has 2 amide bonds. The Balaban J connectivity index is 1.31. The molecule has 4 atom stereocenters. The minimum Gasteiger partial charge on any atom is -0.354 e. The highest BCUT2D eigenvalue weighted by molar-refractivity contribution is 6.33. The van der Waals surface area contributed by atoms with Crippen molar-refractivity contribution in [2.45, 2.75) is 65.5 Å². The number of anilines is 1. The highest BCUT2D eigenvalue weighted by atomic mass is 35.5. The van der Waals surface area contributed by atoms with Crippen LogP contribution in [-0.2, 0) is 22.6 Å². The molecule has 0 saturated heterocycles. The van der Waals surface area contributed by atoms with Gasteiger partial charge >= 0.3 is 0 Å². The zero-order valence-electron chi connectivity index (χ0n) is 19.8. The van der Waals surface area contributed by atoms with Gasteiger partial charge in [-0.25, -0.2) is 4.98 Å². The number of nitrogens with zero attached hydrogens (tertiary/aromatic N) is 3. The number of carbonyl (C=O) groups excluding carboxylic acids is 2. The predicted molar refractivity (Wildman–Crippen MR) is 130 cm³/mol. The number of nitrogens with one attached hydrogen (secondary N) is 2. The van der Waals surface area contributed by atoms with Gasteiger partial charge in [0.1, 0.15) is 17.6 Å². The molecule has 0 unspecified atom stereocenters. The minimum absolute atomic E-state index is 0.00722. The largest absolute Gasteiger partial charge is 0.354 e. The first-order valence-corrected chi connectivity index (χ1v) is 12.4. The molecule has 2 aromatic heterocycles. The maximum Gasteiger partial charge on any atom is 0.228 e. The Hall–Kier alpha value is -2.85. The van der Waals surface area contributed by atoms with Gasteiger partial charge in [0.2, 0.25) is 11.8 Å². The number of halogens is 1. The third-order valence-corrected chi connectivity index (χ3v) is 8.05. The van der Waals surface area contributed by atoms with Crippen LogP contribution in [0.5, 0.6) is 0 Å². The topological polar surface area (TPSA) is 99.8 Å². The summed E-state index contributed by atoms with van der Waals surface area (Å²) >= 11 is 6.54. The fourth-order valence-corrected chi connectivity index (χ4v) is 6.61. The van der Waals surface area contributed by atoms with Crippen LogP contribution in [0.4, 0.5) is 5.82 Å². The van der Waals surface area contributed by atoms with Gasteiger partial charge in [0.15, 0.2) is 0 Å². The third-order valence-electron chi connectivity index (χ3n) is 7.75. The molecule has 8 heteroatoms. The first kappa shape index (κ1) is 22.9. The van der Waals surface area contributed by atoms with Gasteiger partial charge in [0.05, 0.1) is 5.02 Å². The molecule has 0 radical (unpaired) electrons. The fourth-order valence-electron chi connectivity index (χ4n) is 6.40. The van der Waals surface area contributed by atoms with Gasteiger partial charge in [-0.15, -0.1) is 0 Å². The summed E-state index contributed by atoms with van der Waals surface area (Å²) in [6.45, 7) is 6.74. The van der Waals surface area contributed by atoms with Crippen molar-refractivity contribution in [3.63, 3.8) is 0 Å². The maximum atomic E-state index is 13.1. The summed E-state index contributed by atoms with van der Waals surface area (Å²) in [5.41, 5.74) is 3.53. The van der Waals surface area contributed by atoms with Crippen LogP contribution >= 0.6 is 11.6 Å². The fraction of sp³-hybridized carbons (Fsp3) is 0.538. The highest BCUT2D eigenvalue weighted by Gasteiger charge is 2.44. The summed E-state index contributed by atoms with van der Waals surface area (Å²) in [4.78, 5) is 28.8. The number of carbonyl (C=O) groups is 2. The van der Waals surface area contributed by atoms with Crippen LogP contribution in [0.25, 0.3) is 11.1 Å². The van der Waals surface area contributed by atoms with E-state index in [1.54, 1.807) is 13.1 Å². The summed E-state index contributed by atoms with van der Waals surface area (Å²) in [6.07, 6.45) is 6.03. The molecule has 2 saturated carbocycles. The molecule has 2 aromatic rings. The van der Waals surface area contributed by atoms with Crippen molar-refractivity contribution in [1.29, 1.82) is 5.26 Å². The quantitative estimate of drug-likeness (QED) is 0.672. The van der Waals surface area contributed by atoms with Crippen molar-refractivity contribution < 1.29 is 9.59 Å². The Kier molecular flexibility index (Phi) is 5.68. The van der Waals surface area contributed by atoms with Crippen molar-refractivity contribution in [2.75, 3.05) is 5.32 Å². The lowest BCUT2D eigenvalue weighted by Gasteiger charge is -2.16. The van der Waals surface area contributed by atoms with Gasteiger partial charge in [-0.1, -0.05) is 25.4 Å². The first-order chi connectivity index (χ1) is 16.1. The molecule has 2 fully saturated rings. The Morgan fingerprint density at radius 2 is 1.88 bits per heavy atom. The summed E-state index contributed by atoms with van der Waals surface area (Å²) in [5.74, 6) is 1.42. The van der Waals surface area contributed by atoms with Gasteiger partial charge in [-0.2, -0.15) is 5.26 Å². The van der Waals surface area contributed by atoms with Gasteiger partial charge in [0.25, 0.3) is 0 Å². The zero-order chi connectivity index (χ0) is 24.2. The number of pyridine rings is 1. The van der Waals surface area contributed by atoms with Crippen LogP contribution in [0.15, 0.2) is 18.3 Å². The maximum absolute atomic E-state index is 13.1. The molecule has 0 spiro atoms. The number of aromatic nitrogens is 2. The van der Waals surface area contributed by atoms with Crippen molar-refractivity contribution in [1.82, 2.24) is 14.9 Å². The van der Waals surface area contributed by atoms with E-state index in [2.05, 4.69) is 40.1 Å². The van der Waals surface area contributed by atoms with Crippen LogP contribution in [-0.4, -0.2) is 27.4 Å². The van der Waals surface area contributed by atoms with Gasteiger partial charge in [0, 0.05) is 48.4 Å². The van der Waals surface area contributed by atoms with Crippen LogP contribution in [0, 0.1) is 34.5 Å². The van der Waals surface area contributed by atoms with E-state index in [1.165, 1.54) is 0 Å². The molecule has 3 aliphatic rings. The van der Waals surface area contributed by atoms with Crippen LogP contribution in [0.2, 0.25) is 5.02 Å². The molecule has 1 aliphatic heterocycles.